The van der Waals surface area contributed by atoms with Crippen LogP contribution in [0.5, 0.6) is 0 Å². The summed E-state index contributed by atoms with van der Waals surface area (Å²) in [5.74, 6) is -4.59. The van der Waals surface area contributed by atoms with Crippen LogP contribution >= 0.6 is 11.6 Å². The lowest BCUT2D eigenvalue weighted by atomic mass is 9.84. The van der Waals surface area contributed by atoms with Crippen molar-refractivity contribution in [2.24, 2.45) is 18.7 Å². The molecular formula is C37H32ClF6N7O2. The normalized spacial score (nSPS) is 18.4. The van der Waals surface area contributed by atoms with E-state index < -0.39 is 77.1 Å². The number of nitrogens with zero attached hydrogens (tertiary/aromatic N) is 5. The highest BCUT2D eigenvalue weighted by molar-refractivity contribution is 6.37. The summed E-state index contributed by atoms with van der Waals surface area (Å²) in [6.07, 6.45) is -3.74. The zero-order chi connectivity index (χ0) is 38.3. The minimum absolute atomic E-state index is 0.0220. The van der Waals surface area contributed by atoms with Crippen molar-refractivity contribution in [3.8, 4) is 23.0 Å². The van der Waals surface area contributed by atoms with Gasteiger partial charge in [-0.3, -0.25) is 9.48 Å². The van der Waals surface area contributed by atoms with Crippen molar-refractivity contribution in [3.05, 3.63) is 93.0 Å². The third-order valence-electron chi connectivity index (χ3n) is 9.68. The summed E-state index contributed by atoms with van der Waals surface area (Å²) in [5.41, 5.74) is 3.70. The number of carbonyl (C=O) groups excluding carboxylic acids is 1. The lowest BCUT2D eigenvalue weighted by molar-refractivity contribution is -0.122. The van der Waals surface area contributed by atoms with Crippen LogP contribution in [-0.4, -0.2) is 48.2 Å². The van der Waals surface area contributed by atoms with E-state index in [9.17, 15) is 27.5 Å². The molecule has 1 unspecified atom stereocenters. The number of nitrogens with two attached hydrogens (primary N) is 1. The number of rotatable bonds is 9. The number of aryl methyl sites for hydroxylation is 1. The molecule has 0 bridgehead atoms. The van der Waals surface area contributed by atoms with Crippen LogP contribution in [-0.2, 0) is 24.2 Å². The molecule has 0 aliphatic heterocycles. The van der Waals surface area contributed by atoms with Gasteiger partial charge in [-0.25, -0.2) is 27.2 Å². The van der Waals surface area contributed by atoms with Crippen LogP contribution in [0.2, 0.25) is 5.02 Å². The number of primary amides is 1. The largest absolute Gasteiger partial charge is 0.378 e. The smallest absolute Gasteiger partial charge is 0.293 e. The molecule has 0 saturated heterocycles. The minimum Gasteiger partial charge on any atom is -0.378 e. The fourth-order valence-corrected chi connectivity index (χ4v) is 7.73. The predicted molar refractivity (Wildman–Crippen MR) is 185 cm³/mol. The highest BCUT2D eigenvalue weighted by Gasteiger charge is 2.67. The highest BCUT2D eigenvalue weighted by atomic mass is 35.5. The Kier molecular flexibility index (Phi) is 8.77. The number of aliphatic hydroxyl groups is 1. The topological polar surface area (TPSA) is 124 Å². The average Bonchev–Trinajstić information content (AvgIpc) is 3.58. The maximum Gasteiger partial charge on any atom is 0.293 e. The first-order valence-corrected chi connectivity index (χ1v) is 16.9. The molecule has 2 aliphatic rings. The van der Waals surface area contributed by atoms with Gasteiger partial charge in [0.05, 0.1) is 21.6 Å². The van der Waals surface area contributed by atoms with E-state index in [1.54, 1.807) is 37.0 Å². The van der Waals surface area contributed by atoms with Crippen molar-refractivity contribution in [2.75, 3.05) is 12.4 Å². The number of halogens is 7. The van der Waals surface area contributed by atoms with Crippen LogP contribution in [0.25, 0.3) is 22.0 Å². The first-order chi connectivity index (χ1) is 24.9. The van der Waals surface area contributed by atoms with E-state index >= 15 is 8.78 Å². The number of anilines is 1. The molecule has 7 rings (SSSR count). The molecule has 16 heteroatoms. The van der Waals surface area contributed by atoms with E-state index in [1.165, 1.54) is 19.9 Å². The fourth-order valence-electron chi connectivity index (χ4n) is 7.49. The second kappa shape index (κ2) is 12.8. The summed E-state index contributed by atoms with van der Waals surface area (Å²) in [4.78, 5) is 18.5. The van der Waals surface area contributed by atoms with Crippen LogP contribution in [0.1, 0.15) is 78.5 Å². The lowest BCUT2D eigenvalue weighted by Crippen LogP contribution is -2.37. The van der Waals surface area contributed by atoms with Gasteiger partial charge in [0.1, 0.15) is 40.4 Å². The van der Waals surface area contributed by atoms with Gasteiger partial charge in [0, 0.05) is 48.7 Å². The molecule has 9 nitrogen and oxygen atoms in total. The number of hydrogen-bond donors (Lipinski definition) is 3. The van der Waals surface area contributed by atoms with Gasteiger partial charge in [-0.05, 0) is 74.4 Å². The average molecular weight is 756 g/mol. The zero-order valence-corrected chi connectivity index (χ0v) is 29.4. The Morgan fingerprint density at radius 3 is 2.42 bits per heavy atom. The lowest BCUT2D eigenvalue weighted by Gasteiger charge is -2.29. The summed E-state index contributed by atoms with van der Waals surface area (Å²) >= 11 is 6.63. The SMILES string of the molecule is CNc1nn(C)c2c(-c3ccc(C#CC(C)(C)O)nc3[C@@H](Cc3cc(F)cc(F)c3)C(C(N)=O)n3nc(C(F)F)c4c3C(F)(F)[C@@H]3C[C@H]43)ccc(Cl)c12. The van der Waals surface area contributed by atoms with Crippen molar-refractivity contribution in [3.63, 3.8) is 0 Å². The Bertz CT molecular complexity index is 2350. The number of amides is 1. The van der Waals surface area contributed by atoms with E-state index in [0.717, 1.165) is 12.1 Å². The molecule has 5 aromatic rings. The Hall–Kier alpha value is -5.07. The maximum atomic E-state index is 16.0. The van der Waals surface area contributed by atoms with E-state index in [2.05, 4.69) is 27.4 Å². The van der Waals surface area contributed by atoms with Crippen LogP contribution in [0.15, 0.2) is 42.5 Å². The molecule has 3 aromatic heterocycles. The second-order valence-electron chi connectivity index (χ2n) is 13.9. The molecule has 4 N–H and O–H groups in total. The Balaban J connectivity index is 1.56. The van der Waals surface area contributed by atoms with Crippen LogP contribution in [0, 0.1) is 29.4 Å². The Morgan fingerprint density at radius 1 is 1.11 bits per heavy atom. The first-order valence-electron chi connectivity index (χ1n) is 16.5. The molecule has 1 amide bonds. The van der Waals surface area contributed by atoms with Gasteiger partial charge < -0.3 is 16.2 Å². The van der Waals surface area contributed by atoms with E-state index in [1.807, 2.05) is 0 Å². The molecule has 1 fully saturated rings. The Labute approximate surface area is 304 Å². The first kappa shape index (κ1) is 36.3. The van der Waals surface area contributed by atoms with Gasteiger partial charge in [-0.2, -0.15) is 19.0 Å². The van der Waals surface area contributed by atoms with Crippen molar-refractivity contribution >= 4 is 34.2 Å². The van der Waals surface area contributed by atoms with E-state index in [4.69, 9.17) is 22.3 Å². The van der Waals surface area contributed by atoms with Crippen molar-refractivity contribution in [1.29, 1.82) is 0 Å². The van der Waals surface area contributed by atoms with Crippen LogP contribution in [0.4, 0.5) is 32.2 Å². The summed E-state index contributed by atoms with van der Waals surface area (Å²) in [6.45, 7) is 2.88. The highest BCUT2D eigenvalue weighted by Crippen LogP contribution is 2.68. The predicted octanol–water partition coefficient (Wildman–Crippen LogP) is 7.13. The minimum atomic E-state index is -3.64. The molecule has 0 spiro atoms. The Morgan fingerprint density at radius 2 is 1.79 bits per heavy atom. The number of hydrogen-bond acceptors (Lipinski definition) is 6. The number of carbonyl (C=O) groups is 1. The monoisotopic (exact) mass is 755 g/mol. The van der Waals surface area contributed by atoms with Crippen molar-refractivity contribution < 1.29 is 36.2 Å². The number of nitrogens with one attached hydrogen (secondary N) is 1. The number of pyridine rings is 1. The molecule has 3 heterocycles. The van der Waals surface area contributed by atoms with E-state index in [0.29, 0.717) is 38.1 Å². The molecule has 2 aromatic carbocycles. The molecule has 4 atom stereocenters. The zero-order valence-electron chi connectivity index (χ0n) is 28.7. The van der Waals surface area contributed by atoms with Crippen molar-refractivity contribution in [2.45, 2.75) is 62.5 Å². The van der Waals surface area contributed by atoms with Gasteiger partial charge >= 0.3 is 0 Å². The summed E-state index contributed by atoms with van der Waals surface area (Å²) < 4.78 is 92.4. The van der Waals surface area contributed by atoms with E-state index in [-0.39, 0.29) is 34.5 Å². The number of fused-ring (bicyclic) bond motifs is 4. The number of benzene rings is 2. The molecule has 53 heavy (non-hydrogen) atoms. The van der Waals surface area contributed by atoms with Crippen molar-refractivity contribution in [1.82, 2.24) is 24.5 Å². The quantitative estimate of drug-likeness (QED) is 0.109. The second-order valence-corrected chi connectivity index (χ2v) is 14.3. The summed E-state index contributed by atoms with van der Waals surface area (Å²) in [7, 11) is 3.31. The van der Waals surface area contributed by atoms with Gasteiger partial charge in [-0.15, -0.1) is 0 Å². The molecule has 0 radical (unpaired) electrons. The maximum absolute atomic E-state index is 16.0. The third-order valence-corrected chi connectivity index (χ3v) is 9.99. The van der Waals surface area contributed by atoms with Gasteiger partial charge in [0.2, 0.25) is 5.91 Å². The van der Waals surface area contributed by atoms with Crippen LogP contribution in [0.3, 0.4) is 0 Å². The fraction of sp³-hybridized carbons (Fsp3) is 0.351. The standard InChI is InChI=1S/C37H32ClF6N7O2/c1-36(2,53)10-9-19-5-6-20(21-7-8-25(38)27-30(21)50(4)49-35(27)46-3)28(47-19)23(13-16-11-17(39)14-18(40)12-16)31(34(45)52)51-32-26(29(48-51)33(41)42)22-15-24(22)37(32,43)44/h5-8,11-12,14,22-24,31,33,53H,13,15H2,1-4H3,(H2,45,52)(H,46,49)/t22-,23+,24+,31?/m0/s1. The summed E-state index contributed by atoms with van der Waals surface area (Å²) in [6, 6.07) is 7.04. The van der Waals surface area contributed by atoms with Gasteiger partial charge in [0.15, 0.2) is 5.82 Å². The van der Waals surface area contributed by atoms with Crippen LogP contribution < -0.4 is 11.1 Å². The number of aromatic nitrogens is 5. The third kappa shape index (κ3) is 6.27. The molecule has 2 aliphatic carbocycles. The molecular weight excluding hydrogens is 724 g/mol. The molecule has 1 saturated carbocycles. The number of alkyl halides is 4. The van der Waals surface area contributed by atoms with Gasteiger partial charge in [0.25, 0.3) is 12.3 Å². The van der Waals surface area contributed by atoms with Gasteiger partial charge in [-0.1, -0.05) is 23.6 Å². The summed E-state index contributed by atoms with van der Waals surface area (Å²) in [5, 5.41) is 22.6. The molecule has 276 valence electrons.